The quantitative estimate of drug-likeness (QED) is 0.718. The summed E-state index contributed by atoms with van der Waals surface area (Å²) < 4.78 is 46.4. The lowest BCUT2D eigenvalue weighted by molar-refractivity contribution is 0.116. The average Bonchev–Trinajstić information content (AvgIpc) is 3.33. The first-order chi connectivity index (χ1) is 13.5. The molecule has 0 aliphatic carbocycles. The normalized spacial score (nSPS) is 23.6. The summed E-state index contributed by atoms with van der Waals surface area (Å²) in [5, 5.41) is 5.88. The van der Waals surface area contributed by atoms with Crippen LogP contribution < -0.4 is 10.2 Å². The van der Waals surface area contributed by atoms with Crippen molar-refractivity contribution < 1.29 is 22.7 Å². The van der Waals surface area contributed by atoms with Gasteiger partial charge in [-0.05, 0) is 55.2 Å². The van der Waals surface area contributed by atoms with Gasteiger partial charge in [0.2, 0.25) is 0 Å². The van der Waals surface area contributed by atoms with E-state index < -0.39 is 23.5 Å². The molecule has 2 aliphatic rings. The van der Waals surface area contributed by atoms with Crippen molar-refractivity contribution in [1.82, 2.24) is 5.32 Å². The average molecular weight is 410 g/mol. The van der Waals surface area contributed by atoms with Gasteiger partial charge < -0.3 is 10.1 Å². The number of nitrogens with zero attached hydrogens (tertiary/aromatic N) is 1. The van der Waals surface area contributed by atoms with E-state index in [2.05, 4.69) is 5.32 Å². The molecule has 8 heteroatoms. The molecular weight excluding hydrogens is 389 g/mol. The van der Waals surface area contributed by atoms with E-state index in [9.17, 15) is 18.0 Å². The number of hydrogen-bond acceptors (Lipinski definition) is 4. The van der Waals surface area contributed by atoms with E-state index in [1.807, 2.05) is 0 Å². The number of piperidine rings is 1. The summed E-state index contributed by atoms with van der Waals surface area (Å²) in [4.78, 5) is 14.0. The molecular formula is C20H21F3N2O2S. The Morgan fingerprint density at radius 3 is 2.57 bits per heavy atom. The number of halogens is 3. The van der Waals surface area contributed by atoms with Crippen molar-refractivity contribution in [3.63, 3.8) is 0 Å². The molecule has 2 fully saturated rings. The summed E-state index contributed by atoms with van der Waals surface area (Å²) in [6.45, 7) is 0.0650. The first-order valence-electron chi connectivity index (χ1n) is 9.37. The second-order valence-electron chi connectivity index (χ2n) is 7.42. The first kappa shape index (κ1) is 19.3. The van der Waals surface area contributed by atoms with Crippen molar-refractivity contribution in [2.75, 3.05) is 11.5 Å². The number of ether oxygens (including phenoxy) is 1. The van der Waals surface area contributed by atoms with E-state index in [1.54, 1.807) is 17.5 Å². The molecule has 0 spiro atoms. The lowest BCUT2D eigenvalue weighted by Crippen LogP contribution is -2.40. The number of rotatable bonds is 5. The Bertz CT molecular complexity index is 834. The van der Waals surface area contributed by atoms with E-state index in [4.69, 9.17) is 4.74 Å². The third kappa shape index (κ3) is 4.03. The summed E-state index contributed by atoms with van der Waals surface area (Å²) in [6.07, 6.45) is 3.65. The maximum atomic E-state index is 14.1. The predicted octanol–water partition coefficient (Wildman–Crippen LogP) is 4.84. The van der Waals surface area contributed by atoms with Crippen LogP contribution >= 0.6 is 11.3 Å². The fourth-order valence-corrected chi connectivity index (χ4v) is 4.81. The maximum Gasteiger partial charge on any atom is 0.415 e. The summed E-state index contributed by atoms with van der Waals surface area (Å²) >= 11 is 1.29. The van der Waals surface area contributed by atoms with Gasteiger partial charge >= 0.3 is 6.09 Å². The summed E-state index contributed by atoms with van der Waals surface area (Å²) in [5.41, 5.74) is -0.107. The molecule has 1 N–H and O–H groups in total. The minimum Gasteiger partial charge on any atom is -0.449 e. The van der Waals surface area contributed by atoms with Crippen molar-refractivity contribution in [3.8, 4) is 0 Å². The Kier molecular flexibility index (Phi) is 5.59. The Hall–Kier alpha value is -2.06. The zero-order valence-electron chi connectivity index (χ0n) is 15.2. The van der Waals surface area contributed by atoms with Crippen molar-refractivity contribution in [2.24, 2.45) is 5.92 Å². The molecule has 3 heterocycles. The zero-order chi connectivity index (χ0) is 19.7. The van der Waals surface area contributed by atoms with Gasteiger partial charge in [0, 0.05) is 17.6 Å². The van der Waals surface area contributed by atoms with Crippen LogP contribution in [0, 0.1) is 23.4 Å². The number of anilines is 1. The molecule has 2 saturated heterocycles. The van der Waals surface area contributed by atoms with Crippen molar-refractivity contribution in [1.29, 1.82) is 0 Å². The number of carbonyl (C=O) groups excluding carboxylic acids is 1. The number of fused-ring (bicyclic) bond motifs is 2. The SMILES string of the molecule is O=C(OCC1CC2CCC(C1)N2)N(Cc1ccc(F)c(F)c1F)c1cccs1. The predicted molar refractivity (Wildman–Crippen MR) is 101 cm³/mol. The smallest absolute Gasteiger partial charge is 0.415 e. The fourth-order valence-electron chi connectivity index (χ4n) is 4.09. The zero-order valence-corrected chi connectivity index (χ0v) is 16.0. The molecule has 0 saturated carbocycles. The Labute approximate surface area is 165 Å². The fraction of sp³-hybridized carbons (Fsp3) is 0.450. The van der Waals surface area contributed by atoms with Crippen LogP contribution in [0.25, 0.3) is 0 Å². The van der Waals surface area contributed by atoms with E-state index in [1.165, 1.54) is 16.2 Å². The Balaban J connectivity index is 1.45. The molecule has 150 valence electrons. The molecule has 2 bridgehead atoms. The van der Waals surface area contributed by atoms with Crippen LogP contribution in [0.15, 0.2) is 29.6 Å². The summed E-state index contributed by atoms with van der Waals surface area (Å²) in [7, 11) is 0. The maximum absolute atomic E-state index is 14.1. The topological polar surface area (TPSA) is 41.6 Å². The third-order valence-corrected chi connectivity index (χ3v) is 6.34. The summed E-state index contributed by atoms with van der Waals surface area (Å²) in [6, 6.07) is 6.45. The van der Waals surface area contributed by atoms with Crippen LogP contribution in [0.4, 0.5) is 23.0 Å². The van der Waals surface area contributed by atoms with E-state index in [0.717, 1.165) is 37.8 Å². The van der Waals surface area contributed by atoms with Crippen molar-refractivity contribution >= 4 is 22.4 Å². The van der Waals surface area contributed by atoms with Gasteiger partial charge in [-0.3, -0.25) is 4.90 Å². The number of hydrogen-bond donors (Lipinski definition) is 1. The lowest BCUT2D eigenvalue weighted by atomic mass is 9.93. The van der Waals surface area contributed by atoms with E-state index in [0.29, 0.717) is 29.6 Å². The lowest BCUT2D eigenvalue weighted by Gasteiger charge is -2.29. The Morgan fingerprint density at radius 2 is 1.89 bits per heavy atom. The number of carbonyl (C=O) groups is 1. The molecule has 2 unspecified atom stereocenters. The highest BCUT2D eigenvalue weighted by molar-refractivity contribution is 7.14. The van der Waals surface area contributed by atoms with Gasteiger partial charge in [0.05, 0.1) is 13.2 Å². The third-order valence-electron chi connectivity index (χ3n) is 5.45. The van der Waals surface area contributed by atoms with Gasteiger partial charge in [0.15, 0.2) is 17.5 Å². The molecule has 1 amide bonds. The molecule has 0 radical (unpaired) electrons. The highest BCUT2D eigenvalue weighted by Gasteiger charge is 2.34. The second-order valence-corrected chi connectivity index (χ2v) is 8.35. The number of benzene rings is 1. The van der Waals surface area contributed by atoms with Crippen LogP contribution in [-0.4, -0.2) is 24.8 Å². The second kappa shape index (κ2) is 8.13. The monoisotopic (exact) mass is 410 g/mol. The first-order valence-corrected chi connectivity index (χ1v) is 10.3. The van der Waals surface area contributed by atoms with Crippen LogP contribution in [-0.2, 0) is 11.3 Å². The standard InChI is InChI=1S/C20H21F3N2O2S/c21-16-6-3-13(18(22)19(16)23)10-25(17-2-1-7-28-17)20(26)27-11-12-8-14-4-5-15(9-12)24-14/h1-3,6-7,12,14-15,24H,4-5,8-11H2. The number of amides is 1. The molecule has 4 nitrogen and oxygen atoms in total. The molecule has 2 aromatic rings. The minimum atomic E-state index is -1.54. The van der Waals surface area contributed by atoms with E-state index in [-0.39, 0.29) is 12.1 Å². The van der Waals surface area contributed by atoms with Gasteiger partial charge in [-0.15, -0.1) is 11.3 Å². The van der Waals surface area contributed by atoms with Crippen molar-refractivity contribution in [3.05, 3.63) is 52.7 Å². The highest BCUT2D eigenvalue weighted by atomic mass is 32.1. The largest absolute Gasteiger partial charge is 0.449 e. The van der Waals surface area contributed by atoms with Crippen LogP contribution in [0.5, 0.6) is 0 Å². The van der Waals surface area contributed by atoms with Crippen LogP contribution in [0.1, 0.15) is 31.2 Å². The highest BCUT2D eigenvalue weighted by Crippen LogP contribution is 2.32. The minimum absolute atomic E-state index is 0.107. The molecule has 1 aromatic heterocycles. The van der Waals surface area contributed by atoms with Gasteiger partial charge in [-0.25, -0.2) is 18.0 Å². The molecule has 1 aromatic carbocycles. The molecule has 2 aliphatic heterocycles. The van der Waals surface area contributed by atoms with Crippen LogP contribution in [0.3, 0.4) is 0 Å². The molecule has 2 atom stereocenters. The molecule has 4 rings (SSSR count). The van der Waals surface area contributed by atoms with Crippen LogP contribution in [0.2, 0.25) is 0 Å². The Morgan fingerprint density at radius 1 is 1.14 bits per heavy atom. The van der Waals surface area contributed by atoms with E-state index >= 15 is 0 Å². The number of thiophene rings is 1. The van der Waals surface area contributed by atoms with Gasteiger partial charge in [-0.1, -0.05) is 6.07 Å². The molecule has 28 heavy (non-hydrogen) atoms. The van der Waals surface area contributed by atoms with Gasteiger partial charge in [0.1, 0.15) is 5.00 Å². The number of nitrogens with one attached hydrogen (secondary N) is 1. The van der Waals surface area contributed by atoms with Gasteiger partial charge in [-0.2, -0.15) is 0 Å². The van der Waals surface area contributed by atoms with Gasteiger partial charge in [0.25, 0.3) is 0 Å². The summed E-state index contributed by atoms with van der Waals surface area (Å²) in [5.74, 6) is -3.79. The van der Waals surface area contributed by atoms with Crippen molar-refractivity contribution in [2.45, 2.75) is 44.3 Å².